The number of rotatable bonds is 4. The molecule has 0 saturated carbocycles. The maximum absolute atomic E-state index is 11.6. The van der Waals surface area contributed by atoms with Crippen LogP contribution in [-0.2, 0) is 0 Å². The van der Waals surface area contributed by atoms with Gasteiger partial charge in [-0.15, -0.1) is 0 Å². The molecule has 0 amide bonds. The molecule has 0 aliphatic heterocycles. The molecule has 13 heavy (non-hydrogen) atoms. The molecule has 1 radical (unpaired) electrons. The Bertz CT molecular complexity index is 115. The SMILES string of the molecule is CCC#N.CCCCC(N)CF.[Pr]. The Kier molecular flexibility index (Phi) is 27.5. The average molecular weight is 315 g/mol. The van der Waals surface area contributed by atoms with Crippen LogP contribution in [0.1, 0.15) is 39.5 Å². The summed E-state index contributed by atoms with van der Waals surface area (Å²) >= 11 is 0. The number of alkyl halides is 1. The van der Waals surface area contributed by atoms with Crippen LogP contribution in [0.5, 0.6) is 0 Å². The minimum atomic E-state index is -0.375. The molecule has 0 aromatic heterocycles. The summed E-state index contributed by atoms with van der Waals surface area (Å²) in [4.78, 5) is 0. The molecule has 75 valence electrons. The van der Waals surface area contributed by atoms with Crippen molar-refractivity contribution in [2.75, 3.05) is 6.67 Å². The first-order valence-corrected chi connectivity index (χ1v) is 4.41. The smallest absolute Gasteiger partial charge is 0.104 e. The Morgan fingerprint density at radius 3 is 2.15 bits per heavy atom. The number of nitrogens with two attached hydrogens (primary N) is 1. The van der Waals surface area contributed by atoms with E-state index in [0.29, 0.717) is 6.42 Å². The second-order valence-corrected chi connectivity index (χ2v) is 2.57. The van der Waals surface area contributed by atoms with E-state index in [4.69, 9.17) is 11.0 Å². The van der Waals surface area contributed by atoms with Crippen LogP contribution in [-0.4, -0.2) is 12.7 Å². The molecule has 1 unspecified atom stereocenters. The molecule has 0 aliphatic rings. The van der Waals surface area contributed by atoms with Gasteiger partial charge in [0.1, 0.15) is 6.67 Å². The molecule has 0 spiro atoms. The number of unbranched alkanes of at least 4 members (excludes halogenated alkanes) is 1. The molecular formula is C9H19FN2Pr. The van der Waals surface area contributed by atoms with Crippen molar-refractivity contribution in [3.8, 4) is 6.07 Å². The minimum Gasteiger partial charge on any atom is -0.325 e. The second kappa shape index (κ2) is 18.5. The average Bonchev–Trinajstić information content (AvgIpc) is 2.14. The second-order valence-electron chi connectivity index (χ2n) is 2.57. The maximum atomic E-state index is 11.6. The van der Waals surface area contributed by atoms with E-state index >= 15 is 0 Å². The molecule has 0 bridgehead atoms. The normalized spacial score (nSPS) is 10.1. The molecule has 1 atom stereocenters. The third-order valence-corrected chi connectivity index (χ3v) is 1.28. The number of hydrogen-bond acceptors (Lipinski definition) is 2. The molecule has 2 N–H and O–H groups in total. The van der Waals surface area contributed by atoms with E-state index < -0.39 is 0 Å². The van der Waals surface area contributed by atoms with Crippen molar-refractivity contribution >= 4 is 0 Å². The molecule has 0 fully saturated rings. The summed E-state index contributed by atoms with van der Waals surface area (Å²) in [5.41, 5.74) is 5.28. The fraction of sp³-hybridized carbons (Fsp3) is 0.889. The van der Waals surface area contributed by atoms with E-state index in [1.54, 1.807) is 0 Å². The van der Waals surface area contributed by atoms with Gasteiger partial charge in [0.05, 0.1) is 6.07 Å². The van der Waals surface area contributed by atoms with Crippen LogP contribution in [0.2, 0.25) is 0 Å². The predicted octanol–water partition coefficient (Wildman–Crippen LogP) is 2.39. The molecule has 2 nitrogen and oxygen atoms in total. The van der Waals surface area contributed by atoms with Crippen molar-refractivity contribution in [1.82, 2.24) is 0 Å². The molecule has 4 heteroatoms. The Hall–Kier alpha value is 0.744. The number of hydrogen-bond donors (Lipinski definition) is 1. The summed E-state index contributed by atoms with van der Waals surface area (Å²) in [6, 6.07) is 1.72. The Morgan fingerprint density at radius 1 is 1.46 bits per heavy atom. The van der Waals surface area contributed by atoms with Crippen molar-refractivity contribution < 1.29 is 45.7 Å². The van der Waals surface area contributed by atoms with E-state index in [1.165, 1.54) is 0 Å². The molecule has 0 rings (SSSR count). The van der Waals surface area contributed by atoms with Gasteiger partial charge >= 0.3 is 0 Å². The van der Waals surface area contributed by atoms with Crippen LogP contribution >= 0.6 is 0 Å². The van der Waals surface area contributed by atoms with E-state index in [0.717, 1.165) is 19.3 Å². The summed E-state index contributed by atoms with van der Waals surface area (Å²) in [6.45, 7) is 3.52. The topological polar surface area (TPSA) is 49.8 Å². The molecule has 0 saturated heterocycles. The van der Waals surface area contributed by atoms with Gasteiger partial charge in [0, 0.05) is 53.8 Å². The quantitative estimate of drug-likeness (QED) is 0.866. The van der Waals surface area contributed by atoms with E-state index in [-0.39, 0.29) is 54.0 Å². The summed E-state index contributed by atoms with van der Waals surface area (Å²) in [6.07, 6.45) is 3.60. The summed E-state index contributed by atoms with van der Waals surface area (Å²) < 4.78 is 11.6. The largest absolute Gasteiger partial charge is 0.325 e. The van der Waals surface area contributed by atoms with Crippen LogP contribution in [0, 0.1) is 52.6 Å². The standard InChI is InChI=1S/C6H14FN.C3H5N.Pr/c1-2-3-4-6(8)5-7;1-2-3-4;/h6H,2-5,8H2,1H3;2H2,1H3;. The minimum absolute atomic E-state index is 0. The van der Waals surface area contributed by atoms with Gasteiger partial charge < -0.3 is 5.73 Å². The van der Waals surface area contributed by atoms with Gasteiger partial charge in [0.15, 0.2) is 0 Å². The van der Waals surface area contributed by atoms with Crippen molar-refractivity contribution in [2.45, 2.75) is 45.6 Å². The van der Waals surface area contributed by atoms with Gasteiger partial charge in [0.2, 0.25) is 0 Å². The van der Waals surface area contributed by atoms with E-state index in [2.05, 4.69) is 6.92 Å². The number of nitrogens with zero attached hydrogens (tertiary/aromatic N) is 1. The van der Waals surface area contributed by atoms with Crippen molar-refractivity contribution in [1.29, 1.82) is 5.26 Å². The first-order valence-electron chi connectivity index (χ1n) is 4.41. The van der Waals surface area contributed by atoms with E-state index in [9.17, 15) is 4.39 Å². The van der Waals surface area contributed by atoms with Gasteiger partial charge in [-0.25, -0.2) is 4.39 Å². The van der Waals surface area contributed by atoms with Crippen LogP contribution in [0.15, 0.2) is 0 Å². The van der Waals surface area contributed by atoms with Crippen LogP contribution in [0.4, 0.5) is 4.39 Å². The molecule has 0 heterocycles. The van der Waals surface area contributed by atoms with Crippen molar-refractivity contribution in [2.24, 2.45) is 5.73 Å². The van der Waals surface area contributed by atoms with Gasteiger partial charge in [-0.2, -0.15) is 5.26 Å². The summed E-state index contributed by atoms with van der Waals surface area (Å²) in [5, 5.41) is 7.62. The zero-order chi connectivity index (χ0) is 9.82. The molecular weight excluding hydrogens is 296 g/mol. The van der Waals surface area contributed by atoms with Crippen LogP contribution < -0.4 is 5.73 Å². The van der Waals surface area contributed by atoms with Crippen molar-refractivity contribution in [3.05, 3.63) is 0 Å². The summed E-state index contributed by atoms with van der Waals surface area (Å²) in [7, 11) is 0. The number of halogens is 1. The van der Waals surface area contributed by atoms with Crippen LogP contribution in [0.25, 0.3) is 0 Å². The maximum Gasteiger partial charge on any atom is 0.104 e. The third kappa shape index (κ3) is 24.5. The number of nitriles is 1. The zero-order valence-electron chi connectivity index (χ0n) is 8.59. The Balaban J connectivity index is -0.000000173. The fourth-order valence-electron chi connectivity index (χ4n) is 0.543. The molecule has 0 aliphatic carbocycles. The summed E-state index contributed by atoms with van der Waals surface area (Å²) in [5.74, 6) is 0. The molecule has 0 aromatic rings. The fourth-order valence-corrected chi connectivity index (χ4v) is 0.543. The third-order valence-electron chi connectivity index (χ3n) is 1.28. The van der Waals surface area contributed by atoms with Gasteiger partial charge in [-0.1, -0.05) is 26.7 Å². The predicted molar refractivity (Wildman–Crippen MR) is 49.4 cm³/mol. The Morgan fingerprint density at radius 2 is 1.92 bits per heavy atom. The molecule has 0 aromatic carbocycles. The monoisotopic (exact) mass is 315 g/mol. The zero-order valence-corrected chi connectivity index (χ0v) is 12.3. The van der Waals surface area contributed by atoms with Gasteiger partial charge in [-0.3, -0.25) is 0 Å². The first-order chi connectivity index (χ1) is 5.72. The first kappa shape index (κ1) is 19.3. The van der Waals surface area contributed by atoms with Gasteiger partial charge in [0.25, 0.3) is 0 Å². The Labute approximate surface area is 114 Å². The van der Waals surface area contributed by atoms with Crippen LogP contribution in [0.3, 0.4) is 0 Å². The van der Waals surface area contributed by atoms with Gasteiger partial charge in [-0.05, 0) is 6.42 Å². The van der Waals surface area contributed by atoms with E-state index in [1.807, 2.05) is 13.0 Å². The van der Waals surface area contributed by atoms with Crippen molar-refractivity contribution in [3.63, 3.8) is 0 Å².